The van der Waals surface area contributed by atoms with Crippen molar-refractivity contribution in [2.45, 2.75) is 44.6 Å². The van der Waals surface area contributed by atoms with Crippen LogP contribution in [0.4, 0.5) is 0 Å². The lowest BCUT2D eigenvalue weighted by Crippen LogP contribution is -2.44. The Kier molecular flexibility index (Phi) is 7.60. The minimum atomic E-state index is -0.240. The molecule has 5 rings (SSSR count). The number of amides is 2. The molecule has 3 atom stereocenters. The number of pyridine rings is 1. The molecule has 2 saturated heterocycles. The van der Waals surface area contributed by atoms with E-state index in [0.29, 0.717) is 60.5 Å². The van der Waals surface area contributed by atoms with Crippen molar-refractivity contribution in [1.82, 2.24) is 14.8 Å². The number of hydrogen-bond donors (Lipinski definition) is 0. The maximum Gasteiger partial charge on any atom is 0.225 e. The summed E-state index contributed by atoms with van der Waals surface area (Å²) in [6.45, 7) is 4.43. The van der Waals surface area contributed by atoms with Gasteiger partial charge in [0.15, 0.2) is 0 Å². The molecule has 3 fully saturated rings. The average molecular weight is 541 g/mol. The minimum Gasteiger partial charge on any atom is -0.474 e. The van der Waals surface area contributed by atoms with Crippen LogP contribution in [0, 0.1) is 29.1 Å². The molecule has 0 radical (unpaired) electrons. The molecule has 2 aliphatic heterocycles. The predicted octanol–water partition coefficient (Wildman–Crippen LogP) is 4.92. The Morgan fingerprint density at radius 3 is 2.32 bits per heavy atom. The highest BCUT2D eigenvalue weighted by molar-refractivity contribution is 6.42. The number of likely N-dealkylation sites (tertiary alicyclic amines) is 2. The molecular weight excluding hydrogens is 511 g/mol. The Balaban J connectivity index is 1.30. The van der Waals surface area contributed by atoms with Crippen LogP contribution in [-0.2, 0) is 9.59 Å². The van der Waals surface area contributed by atoms with Crippen LogP contribution in [-0.4, -0.2) is 58.9 Å². The summed E-state index contributed by atoms with van der Waals surface area (Å²) in [5, 5.41) is 10.0. The average Bonchev–Trinajstić information content (AvgIpc) is 3.67. The Labute approximate surface area is 227 Å². The lowest BCUT2D eigenvalue weighted by atomic mass is 9.86. The fraction of sp³-hybridized carbons (Fsp3) is 0.500. The standard InChI is InChI=1S/C28H30Cl2N4O3/c1-17(37-26-7-2-18(13-31)14-32-26)22-15-34(16-23(22)21-5-6-24(29)25(30)12-21)28(36)20-8-10-33(11-9-20)27(35)19-3-4-19/h2,5-7,12,14,17,19-20,22-23H,3-4,8-11,15-16H2,1H3/t17-,22+,23+/m0/s1. The molecule has 1 aromatic carbocycles. The van der Waals surface area contributed by atoms with Gasteiger partial charge in [-0.1, -0.05) is 29.3 Å². The number of nitriles is 1. The Bertz CT molecular complexity index is 1200. The molecular formula is C28H30Cl2N4O3. The molecule has 194 valence electrons. The fourth-order valence-corrected chi connectivity index (χ4v) is 5.87. The van der Waals surface area contributed by atoms with Gasteiger partial charge in [0, 0.05) is 62.1 Å². The van der Waals surface area contributed by atoms with E-state index in [9.17, 15) is 9.59 Å². The van der Waals surface area contributed by atoms with Gasteiger partial charge in [-0.05, 0) is 56.4 Å². The monoisotopic (exact) mass is 540 g/mol. The molecule has 1 saturated carbocycles. The van der Waals surface area contributed by atoms with Crippen molar-refractivity contribution in [2.24, 2.45) is 17.8 Å². The zero-order valence-electron chi connectivity index (χ0n) is 20.8. The van der Waals surface area contributed by atoms with E-state index < -0.39 is 0 Å². The number of ether oxygens (including phenoxy) is 1. The van der Waals surface area contributed by atoms with Crippen molar-refractivity contribution in [3.05, 3.63) is 57.7 Å². The van der Waals surface area contributed by atoms with E-state index in [1.165, 1.54) is 6.20 Å². The van der Waals surface area contributed by atoms with Crippen molar-refractivity contribution in [3.63, 3.8) is 0 Å². The van der Waals surface area contributed by atoms with E-state index in [1.807, 2.05) is 28.9 Å². The van der Waals surface area contributed by atoms with Gasteiger partial charge in [-0.2, -0.15) is 5.26 Å². The molecule has 0 spiro atoms. The number of aromatic nitrogens is 1. The molecule has 3 heterocycles. The van der Waals surface area contributed by atoms with Gasteiger partial charge >= 0.3 is 0 Å². The smallest absolute Gasteiger partial charge is 0.225 e. The maximum atomic E-state index is 13.6. The molecule has 9 heteroatoms. The van der Waals surface area contributed by atoms with Crippen LogP contribution >= 0.6 is 23.2 Å². The normalized spacial score (nSPS) is 23.0. The van der Waals surface area contributed by atoms with Gasteiger partial charge < -0.3 is 14.5 Å². The van der Waals surface area contributed by atoms with Crippen molar-refractivity contribution in [3.8, 4) is 11.9 Å². The second kappa shape index (κ2) is 10.9. The number of carbonyl (C=O) groups excluding carboxylic acids is 2. The molecule has 2 amide bonds. The summed E-state index contributed by atoms with van der Waals surface area (Å²) in [5.41, 5.74) is 1.49. The third-order valence-corrected chi connectivity index (χ3v) is 8.65. The number of carbonyl (C=O) groups is 2. The van der Waals surface area contributed by atoms with E-state index in [2.05, 4.69) is 11.1 Å². The quantitative estimate of drug-likeness (QED) is 0.519. The first kappa shape index (κ1) is 25.8. The van der Waals surface area contributed by atoms with E-state index in [4.69, 9.17) is 33.2 Å². The number of rotatable bonds is 6. The summed E-state index contributed by atoms with van der Waals surface area (Å²) in [6.07, 6.45) is 4.66. The molecule has 1 aromatic heterocycles. The molecule has 2 aromatic rings. The maximum absolute atomic E-state index is 13.6. The van der Waals surface area contributed by atoms with Crippen molar-refractivity contribution in [1.29, 1.82) is 5.26 Å². The lowest BCUT2D eigenvalue weighted by Gasteiger charge is -2.33. The van der Waals surface area contributed by atoms with Gasteiger partial charge in [-0.25, -0.2) is 4.98 Å². The summed E-state index contributed by atoms with van der Waals surface area (Å²) in [4.78, 5) is 34.2. The molecule has 7 nitrogen and oxygen atoms in total. The number of hydrogen-bond acceptors (Lipinski definition) is 5. The SMILES string of the molecule is C[C@H](Oc1ccc(C#N)cn1)[C@H]1CN(C(=O)C2CCN(C(=O)C3CC3)CC2)C[C@@H]1c1ccc(Cl)c(Cl)c1. The first-order valence-electron chi connectivity index (χ1n) is 12.9. The van der Waals surface area contributed by atoms with Crippen molar-refractivity contribution < 1.29 is 14.3 Å². The highest BCUT2D eigenvalue weighted by Gasteiger charge is 2.43. The number of nitrogens with zero attached hydrogens (tertiary/aromatic N) is 4. The van der Waals surface area contributed by atoms with Gasteiger partial charge in [-0.3, -0.25) is 9.59 Å². The van der Waals surface area contributed by atoms with Crippen LogP contribution in [0.3, 0.4) is 0 Å². The van der Waals surface area contributed by atoms with Crippen LogP contribution in [0.1, 0.15) is 49.7 Å². The first-order valence-corrected chi connectivity index (χ1v) is 13.6. The second-order valence-corrected chi connectivity index (χ2v) is 11.2. The highest BCUT2D eigenvalue weighted by atomic mass is 35.5. The van der Waals surface area contributed by atoms with Crippen LogP contribution in [0.15, 0.2) is 36.5 Å². The third-order valence-electron chi connectivity index (χ3n) is 7.91. The predicted molar refractivity (Wildman–Crippen MR) is 140 cm³/mol. The van der Waals surface area contributed by atoms with Crippen molar-refractivity contribution >= 4 is 35.0 Å². The van der Waals surface area contributed by atoms with E-state index in [0.717, 1.165) is 18.4 Å². The number of benzene rings is 1. The topological polar surface area (TPSA) is 86.5 Å². The Morgan fingerprint density at radius 2 is 1.70 bits per heavy atom. The molecule has 3 aliphatic rings. The molecule has 0 N–H and O–H groups in total. The van der Waals surface area contributed by atoms with Crippen LogP contribution in [0.5, 0.6) is 5.88 Å². The summed E-state index contributed by atoms with van der Waals surface area (Å²) < 4.78 is 6.18. The summed E-state index contributed by atoms with van der Waals surface area (Å²) >= 11 is 12.5. The van der Waals surface area contributed by atoms with Gasteiger partial charge in [0.2, 0.25) is 17.7 Å². The Hall–Kier alpha value is -2.82. The van der Waals surface area contributed by atoms with E-state index >= 15 is 0 Å². The van der Waals surface area contributed by atoms with Gasteiger partial charge in [0.25, 0.3) is 0 Å². The molecule has 37 heavy (non-hydrogen) atoms. The zero-order valence-corrected chi connectivity index (χ0v) is 22.3. The largest absolute Gasteiger partial charge is 0.474 e. The van der Waals surface area contributed by atoms with E-state index in [1.54, 1.807) is 18.2 Å². The van der Waals surface area contributed by atoms with Crippen molar-refractivity contribution in [2.75, 3.05) is 26.2 Å². The molecule has 0 bridgehead atoms. The van der Waals surface area contributed by atoms with Gasteiger partial charge in [0.05, 0.1) is 15.6 Å². The second-order valence-electron chi connectivity index (χ2n) is 10.4. The van der Waals surface area contributed by atoms with Gasteiger partial charge in [-0.15, -0.1) is 0 Å². The van der Waals surface area contributed by atoms with Crippen LogP contribution in [0.25, 0.3) is 0 Å². The third kappa shape index (κ3) is 5.71. The van der Waals surface area contributed by atoms with E-state index in [-0.39, 0.29) is 41.6 Å². The Morgan fingerprint density at radius 1 is 1.00 bits per heavy atom. The fourth-order valence-electron chi connectivity index (χ4n) is 5.57. The summed E-state index contributed by atoms with van der Waals surface area (Å²) in [6, 6.07) is 11.1. The van der Waals surface area contributed by atoms with Gasteiger partial charge in [0.1, 0.15) is 12.2 Å². The zero-order chi connectivity index (χ0) is 26.1. The highest BCUT2D eigenvalue weighted by Crippen LogP contribution is 2.39. The molecule has 0 unspecified atom stereocenters. The van der Waals surface area contributed by atoms with Crippen LogP contribution < -0.4 is 4.74 Å². The number of halogens is 2. The summed E-state index contributed by atoms with van der Waals surface area (Å²) in [5.74, 6) is 1.01. The molecule has 1 aliphatic carbocycles. The summed E-state index contributed by atoms with van der Waals surface area (Å²) in [7, 11) is 0. The van der Waals surface area contributed by atoms with Crippen LogP contribution in [0.2, 0.25) is 10.0 Å². The first-order chi connectivity index (χ1) is 17.8. The lowest BCUT2D eigenvalue weighted by molar-refractivity contribution is -0.140. The number of piperidine rings is 1. The minimum absolute atomic E-state index is 0.00942.